The van der Waals surface area contributed by atoms with Gasteiger partial charge in [-0.05, 0) is 0 Å². The summed E-state index contributed by atoms with van der Waals surface area (Å²) in [6.07, 6.45) is 0. The molecule has 0 aromatic heterocycles. The van der Waals surface area contributed by atoms with Crippen molar-refractivity contribution in [2.24, 2.45) is 10.7 Å². The van der Waals surface area contributed by atoms with E-state index in [1.807, 2.05) is 0 Å². The lowest BCUT2D eigenvalue weighted by molar-refractivity contribution is 0.233. The standard InChI is InChI=1S/C8H16N4S/c9-8-11-7(6-13-8)5-12-3-1-10-2-4-12/h7,10H,1-6H2,(H2,9,11). The molecule has 0 radical (unpaired) electrons. The second-order valence-corrected chi connectivity index (χ2v) is 4.52. The zero-order chi connectivity index (χ0) is 9.10. The van der Waals surface area contributed by atoms with Crippen LogP contribution in [0, 0.1) is 0 Å². The third-order valence-electron chi connectivity index (χ3n) is 2.41. The molecule has 0 saturated carbocycles. The third-order valence-corrected chi connectivity index (χ3v) is 3.36. The van der Waals surface area contributed by atoms with Gasteiger partial charge in [0, 0.05) is 38.5 Å². The van der Waals surface area contributed by atoms with Gasteiger partial charge in [0.25, 0.3) is 0 Å². The molecule has 0 amide bonds. The maximum atomic E-state index is 5.61. The highest BCUT2D eigenvalue weighted by molar-refractivity contribution is 8.14. The van der Waals surface area contributed by atoms with Crippen LogP contribution in [0.2, 0.25) is 0 Å². The Morgan fingerprint density at radius 1 is 1.54 bits per heavy atom. The molecule has 5 heteroatoms. The molecule has 1 atom stereocenters. The quantitative estimate of drug-likeness (QED) is 0.620. The van der Waals surface area contributed by atoms with Crippen molar-refractivity contribution in [2.45, 2.75) is 6.04 Å². The number of aliphatic imine (C=N–C) groups is 1. The number of nitrogens with zero attached hydrogens (tertiary/aromatic N) is 2. The largest absolute Gasteiger partial charge is 0.379 e. The lowest BCUT2D eigenvalue weighted by Crippen LogP contribution is -2.46. The molecule has 2 rings (SSSR count). The molecule has 74 valence electrons. The summed E-state index contributed by atoms with van der Waals surface area (Å²) in [5.74, 6) is 1.07. The van der Waals surface area contributed by atoms with Gasteiger partial charge in [0.15, 0.2) is 5.17 Å². The maximum absolute atomic E-state index is 5.61. The number of amidine groups is 1. The van der Waals surface area contributed by atoms with Gasteiger partial charge >= 0.3 is 0 Å². The Labute approximate surface area is 83.0 Å². The molecule has 2 heterocycles. The first-order chi connectivity index (χ1) is 6.34. The Kier molecular flexibility index (Phi) is 3.08. The average Bonchev–Trinajstić information content (AvgIpc) is 2.53. The lowest BCUT2D eigenvalue weighted by Gasteiger charge is -2.28. The Morgan fingerprint density at radius 2 is 2.31 bits per heavy atom. The monoisotopic (exact) mass is 200 g/mol. The van der Waals surface area contributed by atoms with Crippen LogP contribution in [0.5, 0.6) is 0 Å². The first kappa shape index (κ1) is 9.30. The second-order valence-electron chi connectivity index (χ2n) is 3.48. The Bertz CT molecular complexity index is 200. The smallest absolute Gasteiger partial charge is 0.154 e. The van der Waals surface area contributed by atoms with Crippen LogP contribution >= 0.6 is 11.8 Å². The fourth-order valence-electron chi connectivity index (χ4n) is 1.72. The van der Waals surface area contributed by atoms with E-state index < -0.39 is 0 Å². The molecule has 4 nitrogen and oxygen atoms in total. The van der Waals surface area contributed by atoms with E-state index in [-0.39, 0.29) is 0 Å². The van der Waals surface area contributed by atoms with E-state index in [9.17, 15) is 0 Å². The van der Waals surface area contributed by atoms with Crippen LogP contribution in [0.3, 0.4) is 0 Å². The molecule has 2 aliphatic heterocycles. The van der Waals surface area contributed by atoms with Crippen molar-refractivity contribution in [3.05, 3.63) is 0 Å². The Balaban J connectivity index is 1.77. The number of hydrogen-bond acceptors (Lipinski definition) is 5. The van der Waals surface area contributed by atoms with E-state index >= 15 is 0 Å². The van der Waals surface area contributed by atoms with Crippen LogP contribution in [-0.4, -0.2) is 54.6 Å². The van der Waals surface area contributed by atoms with Gasteiger partial charge in [-0.15, -0.1) is 0 Å². The number of rotatable bonds is 2. The molecule has 0 bridgehead atoms. The molecule has 0 aromatic rings. The van der Waals surface area contributed by atoms with E-state index in [1.54, 1.807) is 11.8 Å². The predicted octanol–water partition coefficient (Wildman–Crippen LogP) is -0.678. The number of thioether (sulfide) groups is 1. The van der Waals surface area contributed by atoms with Crippen LogP contribution in [-0.2, 0) is 0 Å². The maximum Gasteiger partial charge on any atom is 0.154 e. The van der Waals surface area contributed by atoms with E-state index in [2.05, 4.69) is 15.2 Å². The van der Waals surface area contributed by atoms with Gasteiger partial charge in [-0.2, -0.15) is 0 Å². The van der Waals surface area contributed by atoms with Crippen molar-refractivity contribution in [3.63, 3.8) is 0 Å². The number of nitrogens with one attached hydrogen (secondary N) is 1. The second kappa shape index (κ2) is 4.30. The molecule has 13 heavy (non-hydrogen) atoms. The molecule has 1 saturated heterocycles. The number of hydrogen-bond donors (Lipinski definition) is 2. The van der Waals surface area contributed by atoms with Crippen LogP contribution in [0.15, 0.2) is 4.99 Å². The number of piperazine rings is 1. The van der Waals surface area contributed by atoms with Crippen molar-refractivity contribution in [3.8, 4) is 0 Å². The highest BCUT2D eigenvalue weighted by Crippen LogP contribution is 2.15. The van der Waals surface area contributed by atoms with Crippen LogP contribution in [0.1, 0.15) is 0 Å². The summed E-state index contributed by atoms with van der Waals surface area (Å²) in [4.78, 5) is 6.84. The molecule has 0 aliphatic carbocycles. The summed E-state index contributed by atoms with van der Waals surface area (Å²) < 4.78 is 0. The summed E-state index contributed by atoms with van der Waals surface area (Å²) in [6.45, 7) is 5.60. The van der Waals surface area contributed by atoms with Gasteiger partial charge < -0.3 is 11.1 Å². The molecular weight excluding hydrogens is 184 g/mol. The Morgan fingerprint density at radius 3 is 2.92 bits per heavy atom. The minimum absolute atomic E-state index is 0.433. The van der Waals surface area contributed by atoms with E-state index in [0.29, 0.717) is 6.04 Å². The van der Waals surface area contributed by atoms with Crippen molar-refractivity contribution in [2.75, 3.05) is 38.5 Å². The first-order valence-corrected chi connectivity index (χ1v) is 5.72. The topological polar surface area (TPSA) is 53.6 Å². The van der Waals surface area contributed by atoms with Gasteiger partial charge in [0.05, 0.1) is 6.04 Å². The van der Waals surface area contributed by atoms with E-state index in [4.69, 9.17) is 5.73 Å². The van der Waals surface area contributed by atoms with Crippen molar-refractivity contribution in [1.82, 2.24) is 10.2 Å². The van der Waals surface area contributed by atoms with E-state index in [1.165, 1.54) is 0 Å². The van der Waals surface area contributed by atoms with Crippen molar-refractivity contribution < 1.29 is 0 Å². The highest BCUT2D eigenvalue weighted by Gasteiger charge is 2.20. The fourth-order valence-corrected chi connectivity index (χ4v) is 2.49. The van der Waals surface area contributed by atoms with Crippen molar-refractivity contribution >= 4 is 16.9 Å². The molecule has 2 aliphatic rings. The molecule has 0 aromatic carbocycles. The summed E-state index contributed by atoms with van der Waals surface area (Å²) in [7, 11) is 0. The van der Waals surface area contributed by atoms with Gasteiger partial charge in [-0.3, -0.25) is 9.89 Å². The van der Waals surface area contributed by atoms with Gasteiger partial charge in [-0.1, -0.05) is 11.8 Å². The van der Waals surface area contributed by atoms with Gasteiger partial charge in [-0.25, -0.2) is 0 Å². The fraction of sp³-hybridized carbons (Fsp3) is 0.875. The molecule has 1 fully saturated rings. The predicted molar refractivity (Wildman–Crippen MR) is 57.2 cm³/mol. The minimum Gasteiger partial charge on any atom is -0.379 e. The first-order valence-electron chi connectivity index (χ1n) is 4.74. The zero-order valence-electron chi connectivity index (χ0n) is 7.70. The molecular formula is C8H16N4S. The summed E-state index contributed by atoms with van der Waals surface area (Å²) in [5, 5.41) is 4.11. The van der Waals surface area contributed by atoms with E-state index in [0.717, 1.165) is 43.6 Å². The van der Waals surface area contributed by atoms with Gasteiger partial charge in [0.2, 0.25) is 0 Å². The normalized spacial score (nSPS) is 30.5. The molecule has 3 N–H and O–H groups in total. The molecule has 1 unspecified atom stereocenters. The highest BCUT2D eigenvalue weighted by atomic mass is 32.2. The lowest BCUT2D eigenvalue weighted by atomic mass is 10.3. The van der Waals surface area contributed by atoms with Crippen LogP contribution in [0.25, 0.3) is 0 Å². The Hall–Kier alpha value is -0.260. The average molecular weight is 200 g/mol. The summed E-state index contributed by atoms with van der Waals surface area (Å²) in [6, 6.07) is 0.433. The zero-order valence-corrected chi connectivity index (χ0v) is 8.52. The number of nitrogens with two attached hydrogens (primary N) is 1. The molecule has 0 spiro atoms. The van der Waals surface area contributed by atoms with Gasteiger partial charge in [0.1, 0.15) is 0 Å². The SMILES string of the molecule is NC1=NC(CN2CCNCC2)CS1. The summed E-state index contributed by atoms with van der Waals surface area (Å²) in [5.41, 5.74) is 5.61. The van der Waals surface area contributed by atoms with Crippen LogP contribution < -0.4 is 11.1 Å². The van der Waals surface area contributed by atoms with Crippen LogP contribution in [0.4, 0.5) is 0 Å². The summed E-state index contributed by atoms with van der Waals surface area (Å²) >= 11 is 1.68. The third kappa shape index (κ3) is 2.59. The minimum atomic E-state index is 0.433. The van der Waals surface area contributed by atoms with Crippen molar-refractivity contribution in [1.29, 1.82) is 0 Å².